The third-order valence-electron chi connectivity index (χ3n) is 4.86. The average Bonchev–Trinajstić information content (AvgIpc) is 3.20. The number of rotatable bonds is 3. The number of fused-ring (bicyclic) bond motifs is 1. The Morgan fingerprint density at radius 3 is 2.77 bits per heavy atom. The molecule has 0 aliphatic carbocycles. The van der Waals surface area contributed by atoms with Crippen LogP contribution in [0.25, 0.3) is 17.0 Å². The van der Waals surface area contributed by atoms with E-state index in [4.69, 9.17) is 0 Å². The zero-order valence-electron chi connectivity index (χ0n) is 15.3. The second-order valence-electron chi connectivity index (χ2n) is 7.87. The van der Waals surface area contributed by atoms with Crippen LogP contribution in [0.5, 0.6) is 0 Å². The van der Waals surface area contributed by atoms with Crippen LogP contribution in [0.3, 0.4) is 0 Å². The lowest BCUT2D eigenvalue weighted by atomic mass is 9.88. The molecule has 3 aromatic rings. The maximum Gasteiger partial charge on any atom is 0.137 e. The van der Waals surface area contributed by atoms with E-state index in [1.54, 1.807) is 0 Å². The van der Waals surface area contributed by atoms with Crippen LogP contribution in [0.4, 0.5) is 10.2 Å². The zero-order chi connectivity index (χ0) is 18.3. The molecule has 4 heterocycles. The first-order valence-electron chi connectivity index (χ1n) is 8.98. The van der Waals surface area contributed by atoms with Crippen molar-refractivity contribution in [2.45, 2.75) is 38.4 Å². The van der Waals surface area contributed by atoms with Crippen molar-refractivity contribution in [3.05, 3.63) is 48.3 Å². The largest absolute Gasteiger partial charge is 0.363 e. The maximum absolute atomic E-state index is 13.8. The number of imidazole rings is 1. The first-order chi connectivity index (χ1) is 12.4. The molecule has 3 aromatic heterocycles. The number of halogens is 1. The van der Waals surface area contributed by atoms with E-state index < -0.39 is 6.17 Å². The monoisotopic (exact) mass is 353 g/mol. The number of aromatic nitrogens is 3. The van der Waals surface area contributed by atoms with Gasteiger partial charge in [0.1, 0.15) is 17.6 Å². The molecule has 0 radical (unpaired) electrons. The highest BCUT2D eigenvalue weighted by atomic mass is 19.1. The van der Waals surface area contributed by atoms with Gasteiger partial charge in [-0.05, 0) is 29.2 Å². The quantitative estimate of drug-likeness (QED) is 0.758. The van der Waals surface area contributed by atoms with Crippen molar-refractivity contribution in [1.29, 1.82) is 0 Å². The van der Waals surface area contributed by atoms with E-state index in [2.05, 4.69) is 58.0 Å². The average molecular weight is 353 g/mol. The summed E-state index contributed by atoms with van der Waals surface area (Å²) < 4.78 is 15.9. The van der Waals surface area contributed by atoms with Crippen LogP contribution in [0, 0.1) is 0 Å². The van der Waals surface area contributed by atoms with Crippen molar-refractivity contribution >= 4 is 11.5 Å². The molecule has 1 saturated heterocycles. The predicted molar refractivity (Wildman–Crippen MR) is 102 cm³/mol. The van der Waals surface area contributed by atoms with Gasteiger partial charge < -0.3 is 10.6 Å². The molecule has 0 spiro atoms. The van der Waals surface area contributed by atoms with Gasteiger partial charge in [-0.15, -0.1) is 0 Å². The maximum atomic E-state index is 13.8. The lowest BCUT2D eigenvalue weighted by Gasteiger charge is -2.19. The molecule has 26 heavy (non-hydrogen) atoms. The lowest BCUT2D eigenvalue weighted by Crippen LogP contribution is -2.29. The molecule has 0 aromatic carbocycles. The molecular formula is C20H24FN5. The van der Waals surface area contributed by atoms with E-state index in [0.717, 1.165) is 17.0 Å². The van der Waals surface area contributed by atoms with Crippen molar-refractivity contribution < 1.29 is 4.39 Å². The summed E-state index contributed by atoms with van der Waals surface area (Å²) in [6.07, 6.45) is 3.06. The third-order valence-corrected chi connectivity index (χ3v) is 4.86. The van der Waals surface area contributed by atoms with E-state index in [9.17, 15) is 4.39 Å². The Hall–Kier alpha value is -2.47. The lowest BCUT2D eigenvalue weighted by molar-refractivity contribution is 0.342. The Kier molecular flexibility index (Phi) is 4.15. The molecular weight excluding hydrogens is 329 g/mol. The standard InChI is InChI=1S/C20H24FN5/c1-20(2,3)13-7-8-19-23-11-17(26(19)12-13)15-5-4-6-18(24-15)25-16-10-22-9-14(16)21/h4-8,11-12,14,16,22H,9-10H2,1-3H3,(H,24,25). The number of nitrogens with one attached hydrogen (secondary N) is 2. The fourth-order valence-corrected chi connectivity index (χ4v) is 3.25. The van der Waals surface area contributed by atoms with Crippen LogP contribution in [0.15, 0.2) is 42.7 Å². The van der Waals surface area contributed by atoms with Gasteiger partial charge in [-0.3, -0.25) is 4.40 Å². The molecule has 1 fully saturated rings. The Labute approximate surface area is 152 Å². The summed E-state index contributed by atoms with van der Waals surface area (Å²) in [5, 5.41) is 6.25. The molecule has 2 N–H and O–H groups in total. The fourth-order valence-electron chi connectivity index (χ4n) is 3.25. The number of anilines is 1. The number of alkyl halides is 1. The van der Waals surface area contributed by atoms with Crippen LogP contribution in [-0.4, -0.2) is 39.7 Å². The zero-order valence-corrected chi connectivity index (χ0v) is 15.3. The minimum atomic E-state index is -0.898. The smallest absolute Gasteiger partial charge is 0.137 e. The van der Waals surface area contributed by atoms with Gasteiger partial charge >= 0.3 is 0 Å². The highest BCUT2D eigenvalue weighted by Gasteiger charge is 2.26. The molecule has 6 heteroatoms. The molecule has 1 aliphatic heterocycles. The summed E-state index contributed by atoms with van der Waals surface area (Å²) in [5.41, 5.74) is 3.91. The highest BCUT2D eigenvalue weighted by molar-refractivity contribution is 5.62. The highest BCUT2D eigenvalue weighted by Crippen LogP contribution is 2.26. The molecule has 0 amide bonds. The summed E-state index contributed by atoms with van der Waals surface area (Å²) in [5.74, 6) is 0.681. The van der Waals surface area contributed by atoms with Crippen molar-refractivity contribution in [2.24, 2.45) is 0 Å². The molecule has 4 rings (SSSR count). The van der Waals surface area contributed by atoms with Gasteiger partial charge in [0, 0.05) is 19.3 Å². The van der Waals surface area contributed by atoms with Crippen LogP contribution in [-0.2, 0) is 5.41 Å². The van der Waals surface area contributed by atoms with Gasteiger partial charge in [-0.2, -0.15) is 0 Å². The van der Waals surface area contributed by atoms with Crippen LogP contribution in [0.2, 0.25) is 0 Å². The van der Waals surface area contributed by atoms with E-state index in [0.29, 0.717) is 18.9 Å². The number of nitrogens with zero attached hydrogens (tertiary/aromatic N) is 3. The first-order valence-corrected chi connectivity index (χ1v) is 8.98. The third kappa shape index (κ3) is 3.17. The number of pyridine rings is 2. The Morgan fingerprint density at radius 1 is 1.19 bits per heavy atom. The van der Waals surface area contributed by atoms with Gasteiger partial charge in [0.15, 0.2) is 0 Å². The Balaban J connectivity index is 1.70. The van der Waals surface area contributed by atoms with Gasteiger partial charge in [-0.25, -0.2) is 14.4 Å². The van der Waals surface area contributed by atoms with Crippen molar-refractivity contribution in [2.75, 3.05) is 18.4 Å². The first kappa shape index (κ1) is 17.0. The summed E-state index contributed by atoms with van der Waals surface area (Å²) in [4.78, 5) is 9.18. The van der Waals surface area contributed by atoms with Crippen LogP contribution < -0.4 is 10.6 Å². The van der Waals surface area contributed by atoms with E-state index in [-0.39, 0.29) is 11.5 Å². The minimum Gasteiger partial charge on any atom is -0.363 e. The van der Waals surface area contributed by atoms with Crippen LogP contribution >= 0.6 is 0 Å². The van der Waals surface area contributed by atoms with Crippen molar-refractivity contribution in [1.82, 2.24) is 19.7 Å². The summed E-state index contributed by atoms with van der Waals surface area (Å²) >= 11 is 0. The molecule has 2 atom stereocenters. The molecule has 5 nitrogen and oxygen atoms in total. The number of hydrogen-bond acceptors (Lipinski definition) is 4. The Morgan fingerprint density at radius 2 is 2.04 bits per heavy atom. The normalized spacial score (nSPS) is 20.6. The summed E-state index contributed by atoms with van der Waals surface area (Å²) in [6, 6.07) is 9.67. The molecule has 2 unspecified atom stereocenters. The predicted octanol–water partition coefficient (Wildman–Crippen LogP) is 3.42. The summed E-state index contributed by atoms with van der Waals surface area (Å²) in [6.45, 7) is 7.57. The van der Waals surface area contributed by atoms with Crippen molar-refractivity contribution in [3.63, 3.8) is 0 Å². The van der Waals surface area contributed by atoms with E-state index in [1.165, 1.54) is 5.56 Å². The van der Waals surface area contributed by atoms with Gasteiger partial charge in [0.2, 0.25) is 0 Å². The molecule has 136 valence electrons. The number of hydrogen-bond donors (Lipinski definition) is 2. The van der Waals surface area contributed by atoms with Crippen molar-refractivity contribution in [3.8, 4) is 11.4 Å². The topological polar surface area (TPSA) is 54.2 Å². The second-order valence-corrected chi connectivity index (χ2v) is 7.87. The summed E-state index contributed by atoms with van der Waals surface area (Å²) in [7, 11) is 0. The van der Waals surface area contributed by atoms with Gasteiger partial charge in [0.05, 0.1) is 23.6 Å². The Bertz CT molecular complexity index is 927. The van der Waals surface area contributed by atoms with E-state index >= 15 is 0 Å². The van der Waals surface area contributed by atoms with Crippen LogP contribution in [0.1, 0.15) is 26.3 Å². The van der Waals surface area contributed by atoms with Gasteiger partial charge in [0.25, 0.3) is 0 Å². The molecule has 0 bridgehead atoms. The SMILES string of the molecule is CC(C)(C)c1ccc2ncc(-c3cccc(NC4CNCC4F)n3)n2c1. The minimum absolute atomic E-state index is 0.0537. The molecule has 0 saturated carbocycles. The second kappa shape index (κ2) is 6.36. The fraction of sp³-hybridized carbons (Fsp3) is 0.400. The molecule has 1 aliphatic rings. The van der Waals surface area contributed by atoms with Gasteiger partial charge in [-0.1, -0.05) is 32.9 Å². The van der Waals surface area contributed by atoms with E-state index in [1.807, 2.05) is 30.5 Å².